The molecule has 0 aromatic heterocycles. The van der Waals surface area contributed by atoms with Crippen molar-refractivity contribution in [3.8, 4) is 0 Å². The van der Waals surface area contributed by atoms with Crippen LogP contribution in [0.4, 0.5) is 0 Å². The Hall–Kier alpha value is -1.65. The molecule has 0 heterocycles. The van der Waals surface area contributed by atoms with Gasteiger partial charge in [0.15, 0.2) is 0 Å². The number of ether oxygens (including phenoxy) is 3. The fraction of sp³-hybridized carbons (Fsp3) is 0.500. The zero-order valence-electron chi connectivity index (χ0n) is 13.9. The summed E-state index contributed by atoms with van der Waals surface area (Å²) in [5.74, 6) is -0.333. The second kappa shape index (κ2) is 10.1. The van der Waals surface area contributed by atoms with Crippen molar-refractivity contribution in [2.45, 2.75) is 40.2 Å². The summed E-state index contributed by atoms with van der Waals surface area (Å²) in [4.78, 5) is 11.5. The van der Waals surface area contributed by atoms with Gasteiger partial charge in [0.2, 0.25) is 0 Å². The average Bonchev–Trinajstić information content (AvgIpc) is 2.51. The highest BCUT2D eigenvalue weighted by Crippen LogP contribution is 2.27. The molecule has 0 spiro atoms. The third kappa shape index (κ3) is 5.62. The van der Waals surface area contributed by atoms with Gasteiger partial charge in [-0.3, -0.25) is 0 Å². The summed E-state index contributed by atoms with van der Waals surface area (Å²) in [6.45, 7) is 9.08. The van der Waals surface area contributed by atoms with Crippen LogP contribution in [0, 0.1) is 6.92 Å². The number of benzene rings is 1. The van der Waals surface area contributed by atoms with Gasteiger partial charge in [-0.1, -0.05) is 25.1 Å². The molecule has 0 aliphatic heterocycles. The summed E-state index contributed by atoms with van der Waals surface area (Å²) in [7, 11) is 0. The quantitative estimate of drug-likeness (QED) is 0.299. The van der Waals surface area contributed by atoms with Crippen molar-refractivity contribution < 1.29 is 19.0 Å². The van der Waals surface area contributed by atoms with Gasteiger partial charge in [-0.15, -0.1) is 0 Å². The number of hydrogen-bond donors (Lipinski definition) is 0. The fourth-order valence-corrected chi connectivity index (χ4v) is 2.19. The van der Waals surface area contributed by atoms with Crippen molar-refractivity contribution in [3.05, 3.63) is 41.0 Å². The van der Waals surface area contributed by atoms with Crippen LogP contribution in [0.3, 0.4) is 0 Å². The van der Waals surface area contributed by atoms with E-state index in [4.69, 9.17) is 14.2 Å². The lowest BCUT2D eigenvalue weighted by Gasteiger charge is -2.20. The number of carbonyl (C=O) groups excluding carboxylic acids is 1. The molecule has 0 saturated heterocycles. The first-order chi connectivity index (χ1) is 10.6. The van der Waals surface area contributed by atoms with E-state index in [0.717, 1.165) is 23.1 Å². The van der Waals surface area contributed by atoms with Crippen LogP contribution in [0.25, 0.3) is 6.08 Å². The minimum atomic E-state index is -0.333. The maximum atomic E-state index is 11.5. The van der Waals surface area contributed by atoms with Gasteiger partial charge in [0, 0.05) is 12.7 Å². The molecule has 0 radical (unpaired) electrons. The Kier molecular flexibility index (Phi) is 8.48. The van der Waals surface area contributed by atoms with Gasteiger partial charge in [-0.2, -0.15) is 0 Å². The summed E-state index contributed by atoms with van der Waals surface area (Å²) >= 11 is 0. The van der Waals surface area contributed by atoms with Crippen LogP contribution in [0.5, 0.6) is 0 Å². The molecule has 0 N–H and O–H groups in total. The molecular weight excluding hydrogens is 280 g/mol. The van der Waals surface area contributed by atoms with Gasteiger partial charge in [0.1, 0.15) is 6.79 Å². The van der Waals surface area contributed by atoms with E-state index in [9.17, 15) is 4.79 Å². The molecule has 4 nitrogen and oxygen atoms in total. The van der Waals surface area contributed by atoms with E-state index in [1.165, 1.54) is 6.08 Å². The molecule has 0 unspecified atom stereocenters. The smallest absolute Gasteiger partial charge is 0.330 e. The zero-order chi connectivity index (χ0) is 16.4. The lowest BCUT2D eigenvalue weighted by molar-refractivity contribution is -0.137. The highest BCUT2D eigenvalue weighted by Gasteiger charge is 2.14. The molecule has 0 saturated carbocycles. The Labute approximate surface area is 133 Å². The molecule has 1 rings (SSSR count). The van der Waals surface area contributed by atoms with Crippen LogP contribution in [0.15, 0.2) is 24.3 Å². The van der Waals surface area contributed by atoms with Crippen molar-refractivity contribution in [3.63, 3.8) is 0 Å². The summed E-state index contributed by atoms with van der Waals surface area (Å²) in [5, 5.41) is 0. The maximum absolute atomic E-state index is 11.5. The van der Waals surface area contributed by atoms with Gasteiger partial charge in [-0.25, -0.2) is 4.79 Å². The predicted molar refractivity (Wildman–Crippen MR) is 87.5 cm³/mol. The van der Waals surface area contributed by atoms with Gasteiger partial charge in [0.25, 0.3) is 0 Å². The van der Waals surface area contributed by atoms with E-state index in [1.807, 2.05) is 32.0 Å². The maximum Gasteiger partial charge on any atom is 0.330 e. The highest BCUT2D eigenvalue weighted by molar-refractivity contribution is 5.87. The molecule has 0 fully saturated rings. The fourth-order valence-electron chi connectivity index (χ4n) is 2.19. The Morgan fingerprint density at radius 1 is 1.23 bits per heavy atom. The number of aryl methyl sites for hydroxylation is 1. The lowest BCUT2D eigenvalue weighted by atomic mass is 9.96. The molecular formula is C18H26O4. The first-order valence-electron chi connectivity index (χ1n) is 7.77. The van der Waals surface area contributed by atoms with Crippen LogP contribution in [0.2, 0.25) is 0 Å². The van der Waals surface area contributed by atoms with Crippen molar-refractivity contribution in [1.82, 2.24) is 0 Å². The zero-order valence-corrected chi connectivity index (χ0v) is 13.9. The molecule has 4 heteroatoms. The van der Waals surface area contributed by atoms with Gasteiger partial charge in [0.05, 0.1) is 12.7 Å². The third-order valence-electron chi connectivity index (χ3n) is 3.30. The predicted octanol–water partition coefficient (Wildman–Crippen LogP) is 4.03. The molecule has 0 aliphatic carbocycles. The van der Waals surface area contributed by atoms with Crippen LogP contribution in [-0.2, 0) is 19.0 Å². The van der Waals surface area contributed by atoms with E-state index >= 15 is 0 Å². The van der Waals surface area contributed by atoms with E-state index in [2.05, 4.69) is 6.92 Å². The van der Waals surface area contributed by atoms with Gasteiger partial charge in [-0.05, 0) is 50.0 Å². The van der Waals surface area contributed by atoms with Gasteiger partial charge >= 0.3 is 5.97 Å². The molecule has 22 heavy (non-hydrogen) atoms. The second-order valence-corrected chi connectivity index (χ2v) is 4.84. The number of hydrogen-bond acceptors (Lipinski definition) is 4. The average molecular weight is 306 g/mol. The first-order valence-corrected chi connectivity index (χ1v) is 7.77. The molecule has 1 aromatic rings. The standard InChI is InChI=1S/C18H26O4/c1-5-17(22-13-20-6-2)16-10-8-9-14(4)15(16)11-12-18(19)21-7-3/h8-12,17H,5-7,13H2,1-4H3/b12-11+/t17-/m1/s1. The van der Waals surface area contributed by atoms with Crippen LogP contribution >= 0.6 is 0 Å². The monoisotopic (exact) mass is 306 g/mol. The largest absolute Gasteiger partial charge is 0.463 e. The Morgan fingerprint density at radius 2 is 2.00 bits per heavy atom. The number of carbonyl (C=O) groups is 1. The van der Waals surface area contributed by atoms with Crippen molar-refractivity contribution in [2.24, 2.45) is 0 Å². The van der Waals surface area contributed by atoms with Crippen molar-refractivity contribution in [1.29, 1.82) is 0 Å². The molecule has 0 aliphatic rings. The summed E-state index contributed by atoms with van der Waals surface area (Å²) in [6.07, 6.45) is 4.03. The summed E-state index contributed by atoms with van der Waals surface area (Å²) in [5.41, 5.74) is 3.15. The number of rotatable bonds is 9. The van der Waals surface area contributed by atoms with E-state index < -0.39 is 0 Å². The molecule has 1 atom stereocenters. The molecule has 1 aromatic carbocycles. The van der Waals surface area contributed by atoms with Crippen molar-refractivity contribution in [2.75, 3.05) is 20.0 Å². The van der Waals surface area contributed by atoms with Crippen LogP contribution in [0.1, 0.15) is 50.0 Å². The minimum Gasteiger partial charge on any atom is -0.463 e. The Balaban J connectivity index is 2.98. The van der Waals surface area contributed by atoms with Crippen LogP contribution in [-0.4, -0.2) is 26.0 Å². The van der Waals surface area contributed by atoms with E-state index in [0.29, 0.717) is 13.2 Å². The molecule has 0 amide bonds. The lowest BCUT2D eigenvalue weighted by Crippen LogP contribution is -2.09. The summed E-state index contributed by atoms with van der Waals surface area (Å²) in [6, 6.07) is 6.04. The van der Waals surface area contributed by atoms with Gasteiger partial charge < -0.3 is 14.2 Å². The third-order valence-corrected chi connectivity index (χ3v) is 3.30. The second-order valence-electron chi connectivity index (χ2n) is 4.84. The molecule has 122 valence electrons. The minimum absolute atomic E-state index is 0.0618. The van der Waals surface area contributed by atoms with Crippen molar-refractivity contribution >= 4 is 12.0 Å². The van der Waals surface area contributed by atoms with E-state index in [-0.39, 0.29) is 18.9 Å². The highest BCUT2D eigenvalue weighted by atomic mass is 16.7. The van der Waals surface area contributed by atoms with Crippen LogP contribution < -0.4 is 0 Å². The van der Waals surface area contributed by atoms with E-state index in [1.54, 1.807) is 13.0 Å². The summed E-state index contributed by atoms with van der Waals surface area (Å²) < 4.78 is 16.0. The molecule has 0 bridgehead atoms. The normalized spacial score (nSPS) is 12.5. The first kappa shape index (κ1) is 18.4. The topological polar surface area (TPSA) is 44.8 Å². The Bertz CT molecular complexity index is 494. The Morgan fingerprint density at radius 3 is 2.64 bits per heavy atom. The SMILES string of the molecule is CCOCO[C@H](CC)c1cccc(C)c1/C=C/C(=O)OCC. The number of esters is 1.